The van der Waals surface area contributed by atoms with Crippen molar-refractivity contribution in [3.05, 3.63) is 23.8 Å². The Bertz CT molecular complexity index is 102. The van der Waals surface area contributed by atoms with Crippen LogP contribution >= 0.6 is 0 Å². The van der Waals surface area contributed by atoms with Crippen LogP contribution in [0.25, 0.3) is 0 Å². The van der Waals surface area contributed by atoms with Gasteiger partial charge in [0.15, 0.2) is 0 Å². The van der Waals surface area contributed by atoms with Gasteiger partial charge in [0.25, 0.3) is 0 Å². The van der Waals surface area contributed by atoms with Crippen LogP contribution in [0.3, 0.4) is 0 Å². The first-order valence-electron chi connectivity index (χ1n) is 3.07. The van der Waals surface area contributed by atoms with Gasteiger partial charge in [0, 0.05) is 0 Å². The third-order valence-corrected chi connectivity index (χ3v) is 0.801. The van der Waals surface area contributed by atoms with Gasteiger partial charge in [-0.2, -0.15) is 0 Å². The molecule has 0 amide bonds. The molecular formula is C8H18ClN. The number of rotatable bonds is 2. The SMILES string of the molecule is CCC=CC=C(C)C.[Cl-].[NH4+]. The average molecular weight is 164 g/mol. The molecule has 62 valence electrons. The van der Waals surface area contributed by atoms with Crippen LogP contribution in [0.4, 0.5) is 0 Å². The lowest BCUT2D eigenvalue weighted by atomic mass is 10.3. The van der Waals surface area contributed by atoms with Gasteiger partial charge < -0.3 is 18.6 Å². The zero-order valence-electron chi connectivity index (χ0n) is 7.32. The molecule has 0 fully saturated rings. The Morgan fingerprint density at radius 3 is 2.10 bits per heavy atom. The molecule has 4 N–H and O–H groups in total. The molecule has 10 heavy (non-hydrogen) atoms. The van der Waals surface area contributed by atoms with E-state index < -0.39 is 0 Å². The molecule has 0 atom stereocenters. The molecule has 0 heterocycles. The smallest absolute Gasteiger partial charge is 0.0376 e. The molecule has 0 aliphatic heterocycles. The fourth-order valence-electron chi connectivity index (χ4n) is 0.397. The summed E-state index contributed by atoms with van der Waals surface area (Å²) in [4.78, 5) is 0. The lowest BCUT2D eigenvalue weighted by Crippen LogP contribution is -3.00. The van der Waals surface area contributed by atoms with Crippen molar-refractivity contribution in [2.75, 3.05) is 0 Å². The van der Waals surface area contributed by atoms with E-state index in [1.807, 2.05) is 0 Å². The first-order valence-corrected chi connectivity index (χ1v) is 3.07. The third-order valence-electron chi connectivity index (χ3n) is 0.801. The first-order chi connectivity index (χ1) is 3.77. The second kappa shape index (κ2) is 11.5. The minimum Gasteiger partial charge on any atom is -1.00 e. The van der Waals surface area contributed by atoms with Crippen molar-refractivity contribution in [2.24, 2.45) is 0 Å². The summed E-state index contributed by atoms with van der Waals surface area (Å²) in [5, 5.41) is 0. The van der Waals surface area contributed by atoms with E-state index in [9.17, 15) is 0 Å². The molecule has 0 rings (SSSR count). The second-order valence-electron chi connectivity index (χ2n) is 2.08. The quantitative estimate of drug-likeness (QED) is 0.569. The summed E-state index contributed by atoms with van der Waals surface area (Å²) in [5.74, 6) is 0. The zero-order chi connectivity index (χ0) is 6.41. The van der Waals surface area contributed by atoms with Crippen LogP contribution in [0.5, 0.6) is 0 Å². The predicted octanol–water partition coefficient (Wildman–Crippen LogP) is 0.299. The van der Waals surface area contributed by atoms with E-state index in [0.717, 1.165) is 6.42 Å². The van der Waals surface area contributed by atoms with E-state index >= 15 is 0 Å². The van der Waals surface area contributed by atoms with E-state index in [1.165, 1.54) is 5.57 Å². The third kappa shape index (κ3) is 15.6. The molecule has 0 unspecified atom stereocenters. The Morgan fingerprint density at radius 1 is 1.30 bits per heavy atom. The van der Waals surface area contributed by atoms with Crippen molar-refractivity contribution in [1.29, 1.82) is 0 Å². The molecule has 0 radical (unpaired) electrons. The lowest BCUT2D eigenvalue weighted by molar-refractivity contribution is -0.00000239. The Hall–Kier alpha value is -0.270. The van der Waals surface area contributed by atoms with Crippen molar-refractivity contribution < 1.29 is 12.4 Å². The first kappa shape index (κ1) is 16.4. The number of hydrogen-bond acceptors (Lipinski definition) is 0. The van der Waals surface area contributed by atoms with E-state index in [4.69, 9.17) is 0 Å². The van der Waals surface area contributed by atoms with E-state index in [2.05, 4.69) is 39.0 Å². The number of quaternary nitrogens is 1. The normalized spacial score (nSPS) is 7.90. The fraction of sp³-hybridized carbons (Fsp3) is 0.500. The van der Waals surface area contributed by atoms with E-state index in [-0.39, 0.29) is 18.6 Å². The summed E-state index contributed by atoms with van der Waals surface area (Å²) in [6.07, 6.45) is 7.48. The van der Waals surface area contributed by atoms with Gasteiger partial charge in [0.2, 0.25) is 0 Å². The fourth-order valence-corrected chi connectivity index (χ4v) is 0.397. The van der Waals surface area contributed by atoms with Crippen LogP contribution in [-0.2, 0) is 0 Å². The standard InChI is InChI=1S/C8H14.ClH.H3N/c1-4-5-6-7-8(2)3;;/h5-7H,4H2,1-3H3;1H;1H3. The van der Waals surface area contributed by atoms with Gasteiger partial charge in [0.1, 0.15) is 0 Å². The van der Waals surface area contributed by atoms with Crippen LogP contribution < -0.4 is 18.6 Å². The molecule has 2 heteroatoms. The number of halogens is 1. The minimum absolute atomic E-state index is 0. The summed E-state index contributed by atoms with van der Waals surface area (Å²) in [5.41, 5.74) is 1.36. The molecule has 0 bridgehead atoms. The summed E-state index contributed by atoms with van der Waals surface area (Å²) in [6.45, 7) is 6.33. The van der Waals surface area contributed by atoms with Gasteiger partial charge in [-0.05, 0) is 20.3 Å². The monoisotopic (exact) mass is 163 g/mol. The molecule has 0 spiro atoms. The van der Waals surface area contributed by atoms with Gasteiger partial charge in [-0.1, -0.05) is 30.7 Å². The Labute approximate surface area is 70.2 Å². The number of allylic oxidation sites excluding steroid dienone is 4. The lowest BCUT2D eigenvalue weighted by Gasteiger charge is -1.80. The van der Waals surface area contributed by atoms with Crippen LogP contribution in [0.1, 0.15) is 27.2 Å². The van der Waals surface area contributed by atoms with Crippen LogP contribution in [0.2, 0.25) is 0 Å². The van der Waals surface area contributed by atoms with Gasteiger partial charge in [0.05, 0.1) is 0 Å². The molecule has 0 aliphatic rings. The maximum atomic E-state index is 2.15. The summed E-state index contributed by atoms with van der Waals surface area (Å²) in [6, 6.07) is 0. The van der Waals surface area contributed by atoms with Crippen molar-refractivity contribution in [2.45, 2.75) is 27.2 Å². The summed E-state index contributed by atoms with van der Waals surface area (Å²) < 4.78 is 0. The molecule has 0 saturated carbocycles. The Morgan fingerprint density at radius 2 is 1.80 bits per heavy atom. The predicted molar refractivity (Wildman–Crippen MR) is 44.8 cm³/mol. The van der Waals surface area contributed by atoms with Crippen molar-refractivity contribution in [3.8, 4) is 0 Å². The highest BCUT2D eigenvalue weighted by molar-refractivity contribution is 5.07. The van der Waals surface area contributed by atoms with Crippen molar-refractivity contribution in [3.63, 3.8) is 0 Å². The van der Waals surface area contributed by atoms with Gasteiger partial charge in [-0.15, -0.1) is 0 Å². The average Bonchev–Trinajstić information content (AvgIpc) is 1.66. The molecule has 0 aromatic rings. The van der Waals surface area contributed by atoms with Gasteiger partial charge >= 0.3 is 0 Å². The molecule has 0 aromatic carbocycles. The Balaban J connectivity index is -0.000000245. The largest absolute Gasteiger partial charge is 1.00 e. The van der Waals surface area contributed by atoms with E-state index in [1.54, 1.807) is 0 Å². The summed E-state index contributed by atoms with van der Waals surface area (Å²) >= 11 is 0. The molecular weight excluding hydrogens is 146 g/mol. The van der Waals surface area contributed by atoms with Crippen LogP contribution in [0, 0.1) is 0 Å². The minimum atomic E-state index is 0. The molecule has 0 aliphatic carbocycles. The Kier molecular flexibility index (Phi) is 18.9. The zero-order valence-corrected chi connectivity index (χ0v) is 8.07. The highest BCUT2D eigenvalue weighted by atomic mass is 35.5. The highest BCUT2D eigenvalue weighted by Crippen LogP contribution is 1.89. The maximum Gasteiger partial charge on any atom is -0.0376 e. The van der Waals surface area contributed by atoms with Gasteiger partial charge in [-0.25, -0.2) is 0 Å². The summed E-state index contributed by atoms with van der Waals surface area (Å²) in [7, 11) is 0. The highest BCUT2D eigenvalue weighted by Gasteiger charge is 1.67. The topological polar surface area (TPSA) is 36.5 Å². The van der Waals surface area contributed by atoms with Crippen molar-refractivity contribution in [1.82, 2.24) is 6.15 Å². The van der Waals surface area contributed by atoms with E-state index in [0.29, 0.717) is 0 Å². The molecule has 1 nitrogen and oxygen atoms in total. The van der Waals surface area contributed by atoms with Crippen LogP contribution in [-0.4, -0.2) is 0 Å². The van der Waals surface area contributed by atoms with Gasteiger partial charge in [-0.3, -0.25) is 0 Å². The molecule has 0 aromatic heterocycles. The van der Waals surface area contributed by atoms with Crippen molar-refractivity contribution >= 4 is 0 Å². The van der Waals surface area contributed by atoms with Crippen LogP contribution in [0.15, 0.2) is 23.8 Å². The molecule has 0 saturated heterocycles. The maximum absolute atomic E-state index is 2.15. The second-order valence-corrected chi connectivity index (χ2v) is 2.08. The number of hydrogen-bond donors (Lipinski definition) is 1.